The summed E-state index contributed by atoms with van der Waals surface area (Å²) in [6.07, 6.45) is 7.84. The third kappa shape index (κ3) is 2.05. The molecule has 0 bridgehead atoms. The topological polar surface area (TPSA) is 20.3 Å². The lowest BCUT2D eigenvalue weighted by atomic mass is 9.90. The van der Waals surface area contributed by atoms with Crippen LogP contribution in [0.3, 0.4) is 0 Å². The van der Waals surface area contributed by atoms with Crippen molar-refractivity contribution in [2.24, 2.45) is 0 Å². The van der Waals surface area contributed by atoms with Gasteiger partial charge in [0.15, 0.2) is 0 Å². The molecule has 2 heteroatoms. The molecule has 1 aliphatic heterocycles. The van der Waals surface area contributed by atoms with Crippen molar-refractivity contribution in [2.75, 3.05) is 4.90 Å². The normalized spacial score (nSPS) is 20.9. The number of hydrogen-bond donors (Lipinski definition) is 0. The van der Waals surface area contributed by atoms with Gasteiger partial charge < -0.3 is 4.90 Å². The van der Waals surface area contributed by atoms with Crippen molar-refractivity contribution in [1.29, 1.82) is 0 Å². The number of nitrogens with zero attached hydrogens (tertiary/aromatic N) is 1. The van der Waals surface area contributed by atoms with Gasteiger partial charge in [0.2, 0.25) is 5.91 Å². The fourth-order valence-electron chi connectivity index (χ4n) is 3.35. The summed E-state index contributed by atoms with van der Waals surface area (Å²) < 4.78 is 0. The number of hydrogen-bond acceptors (Lipinski definition) is 1. The van der Waals surface area contributed by atoms with Gasteiger partial charge in [-0.3, -0.25) is 4.79 Å². The molecule has 96 valence electrons. The van der Waals surface area contributed by atoms with Crippen LogP contribution in [0.5, 0.6) is 0 Å². The van der Waals surface area contributed by atoms with Crippen LogP contribution >= 0.6 is 0 Å². The Balaban J connectivity index is 1.97. The van der Waals surface area contributed by atoms with E-state index >= 15 is 0 Å². The highest BCUT2D eigenvalue weighted by molar-refractivity contribution is 5.97. The van der Waals surface area contributed by atoms with Crippen LogP contribution in [0.25, 0.3) is 0 Å². The number of amides is 1. The first-order valence-corrected chi connectivity index (χ1v) is 7.17. The third-order valence-electron chi connectivity index (χ3n) is 4.32. The minimum atomic E-state index is 0.333. The summed E-state index contributed by atoms with van der Waals surface area (Å²) in [4.78, 5) is 14.4. The lowest BCUT2D eigenvalue weighted by Crippen LogP contribution is -2.44. The molecule has 1 aromatic rings. The predicted octanol–water partition coefficient (Wildman–Crippen LogP) is 3.61. The maximum Gasteiger partial charge on any atom is 0.227 e. The molecule has 0 aromatic heterocycles. The quantitative estimate of drug-likeness (QED) is 0.738. The minimum absolute atomic E-state index is 0.333. The highest BCUT2D eigenvalue weighted by atomic mass is 16.2. The molecule has 0 spiro atoms. The molecule has 2 nitrogen and oxygen atoms in total. The van der Waals surface area contributed by atoms with Gasteiger partial charge in [-0.1, -0.05) is 31.4 Å². The predicted molar refractivity (Wildman–Crippen MR) is 73.9 cm³/mol. The number of aryl methyl sites for hydroxylation is 2. The van der Waals surface area contributed by atoms with Gasteiger partial charge in [0, 0.05) is 18.2 Å². The van der Waals surface area contributed by atoms with Crippen LogP contribution in [0.2, 0.25) is 0 Å². The van der Waals surface area contributed by atoms with E-state index in [0.717, 1.165) is 6.42 Å². The summed E-state index contributed by atoms with van der Waals surface area (Å²) in [6, 6.07) is 7.01. The Labute approximate surface area is 109 Å². The minimum Gasteiger partial charge on any atom is -0.309 e. The Morgan fingerprint density at radius 1 is 1.11 bits per heavy atom. The van der Waals surface area contributed by atoms with E-state index in [9.17, 15) is 4.79 Å². The number of fused-ring (bicyclic) bond motifs is 1. The summed E-state index contributed by atoms with van der Waals surface area (Å²) in [5.41, 5.74) is 3.80. The fraction of sp³-hybridized carbons (Fsp3) is 0.562. The lowest BCUT2D eigenvalue weighted by Gasteiger charge is -2.38. The number of benzene rings is 1. The monoisotopic (exact) mass is 243 g/mol. The van der Waals surface area contributed by atoms with Gasteiger partial charge in [-0.05, 0) is 43.4 Å². The number of carbonyl (C=O) groups is 1. The lowest BCUT2D eigenvalue weighted by molar-refractivity contribution is -0.119. The Morgan fingerprint density at radius 2 is 1.89 bits per heavy atom. The van der Waals surface area contributed by atoms with Gasteiger partial charge >= 0.3 is 0 Å². The SMILES string of the molecule is Cc1ccc2c(c1)N(C1CCCCC1)C(=O)CC2. The fourth-order valence-corrected chi connectivity index (χ4v) is 3.35. The Hall–Kier alpha value is -1.31. The molecule has 1 aromatic carbocycles. The second-order valence-corrected chi connectivity index (χ2v) is 5.69. The largest absolute Gasteiger partial charge is 0.309 e. The van der Waals surface area contributed by atoms with Crippen LogP contribution in [0.15, 0.2) is 18.2 Å². The second-order valence-electron chi connectivity index (χ2n) is 5.69. The zero-order valence-corrected chi connectivity index (χ0v) is 11.1. The Kier molecular flexibility index (Phi) is 3.11. The first kappa shape index (κ1) is 11.8. The van der Waals surface area contributed by atoms with Gasteiger partial charge in [-0.2, -0.15) is 0 Å². The van der Waals surface area contributed by atoms with Crippen LogP contribution < -0.4 is 4.90 Å². The van der Waals surface area contributed by atoms with E-state index in [1.165, 1.54) is 48.9 Å². The molecule has 0 saturated heterocycles. The van der Waals surface area contributed by atoms with Gasteiger partial charge in [-0.15, -0.1) is 0 Å². The van der Waals surface area contributed by atoms with Crippen molar-refractivity contribution in [1.82, 2.24) is 0 Å². The highest BCUT2D eigenvalue weighted by Crippen LogP contribution is 2.34. The molecule has 1 saturated carbocycles. The summed E-state index contributed by atoms with van der Waals surface area (Å²) in [6.45, 7) is 2.11. The van der Waals surface area contributed by atoms with E-state index in [2.05, 4.69) is 30.0 Å². The van der Waals surface area contributed by atoms with Gasteiger partial charge in [0.25, 0.3) is 0 Å². The van der Waals surface area contributed by atoms with Crippen molar-refractivity contribution in [3.63, 3.8) is 0 Å². The van der Waals surface area contributed by atoms with E-state index < -0.39 is 0 Å². The van der Waals surface area contributed by atoms with E-state index in [1.807, 2.05) is 0 Å². The van der Waals surface area contributed by atoms with Crippen molar-refractivity contribution >= 4 is 11.6 Å². The second kappa shape index (κ2) is 4.75. The maximum atomic E-state index is 12.3. The molecule has 0 unspecified atom stereocenters. The van der Waals surface area contributed by atoms with E-state index in [1.54, 1.807) is 0 Å². The Bertz CT molecular complexity index is 460. The van der Waals surface area contributed by atoms with Crippen LogP contribution in [-0.2, 0) is 11.2 Å². The first-order valence-electron chi connectivity index (χ1n) is 7.17. The summed E-state index contributed by atoms with van der Waals surface area (Å²) in [7, 11) is 0. The van der Waals surface area contributed by atoms with E-state index in [-0.39, 0.29) is 0 Å². The molecule has 1 heterocycles. The number of anilines is 1. The van der Waals surface area contributed by atoms with Crippen LogP contribution in [-0.4, -0.2) is 11.9 Å². The molecule has 0 radical (unpaired) electrons. The molecule has 1 fully saturated rings. The van der Waals surface area contributed by atoms with Crippen LogP contribution in [0.1, 0.15) is 49.7 Å². The Morgan fingerprint density at radius 3 is 2.67 bits per heavy atom. The molecule has 2 aliphatic rings. The highest BCUT2D eigenvalue weighted by Gasteiger charge is 2.31. The standard InChI is InChI=1S/C16H21NO/c1-12-7-8-13-9-10-16(18)17(15(13)11-12)14-5-3-2-4-6-14/h7-8,11,14H,2-6,9-10H2,1H3. The van der Waals surface area contributed by atoms with Crippen molar-refractivity contribution in [2.45, 2.75) is 57.9 Å². The molecule has 1 aliphatic carbocycles. The molecule has 0 N–H and O–H groups in total. The summed E-state index contributed by atoms with van der Waals surface area (Å²) in [5.74, 6) is 0.333. The zero-order chi connectivity index (χ0) is 12.5. The van der Waals surface area contributed by atoms with E-state index in [0.29, 0.717) is 18.4 Å². The number of rotatable bonds is 1. The van der Waals surface area contributed by atoms with Crippen molar-refractivity contribution in [3.05, 3.63) is 29.3 Å². The molecule has 1 amide bonds. The van der Waals surface area contributed by atoms with Crippen LogP contribution in [0.4, 0.5) is 5.69 Å². The van der Waals surface area contributed by atoms with E-state index in [4.69, 9.17) is 0 Å². The molecular weight excluding hydrogens is 222 g/mol. The average molecular weight is 243 g/mol. The molecule has 18 heavy (non-hydrogen) atoms. The molecule has 3 rings (SSSR count). The molecule has 0 atom stereocenters. The summed E-state index contributed by atoms with van der Waals surface area (Å²) >= 11 is 0. The van der Waals surface area contributed by atoms with Crippen molar-refractivity contribution in [3.8, 4) is 0 Å². The van der Waals surface area contributed by atoms with Gasteiger partial charge in [0.05, 0.1) is 0 Å². The van der Waals surface area contributed by atoms with Gasteiger partial charge in [-0.25, -0.2) is 0 Å². The van der Waals surface area contributed by atoms with Gasteiger partial charge in [0.1, 0.15) is 0 Å². The zero-order valence-electron chi connectivity index (χ0n) is 11.1. The van der Waals surface area contributed by atoms with Crippen LogP contribution in [0, 0.1) is 6.92 Å². The third-order valence-corrected chi connectivity index (χ3v) is 4.32. The average Bonchev–Trinajstić information content (AvgIpc) is 2.39. The summed E-state index contributed by atoms with van der Waals surface area (Å²) in [5, 5.41) is 0. The van der Waals surface area contributed by atoms with Crippen molar-refractivity contribution < 1.29 is 4.79 Å². The maximum absolute atomic E-state index is 12.3. The molecular formula is C16H21NO. The smallest absolute Gasteiger partial charge is 0.227 e. The first-order chi connectivity index (χ1) is 8.75. The number of carbonyl (C=O) groups excluding carboxylic acids is 1.